The number of rotatable bonds is 7. The molecule has 0 saturated carbocycles. The summed E-state index contributed by atoms with van der Waals surface area (Å²) in [4.78, 5) is 14.9. The Morgan fingerprint density at radius 3 is 2.74 bits per heavy atom. The minimum atomic E-state index is -0.470. The lowest BCUT2D eigenvalue weighted by molar-refractivity contribution is -0.129. The Morgan fingerprint density at radius 2 is 2.13 bits per heavy atom. The van der Waals surface area contributed by atoms with Gasteiger partial charge in [-0.3, -0.25) is 4.79 Å². The van der Waals surface area contributed by atoms with Crippen LogP contribution in [0.15, 0.2) is 24.3 Å². The van der Waals surface area contributed by atoms with Crippen molar-refractivity contribution in [3.63, 3.8) is 0 Å². The molecule has 1 aliphatic rings. The molecule has 1 amide bonds. The molecule has 128 valence electrons. The summed E-state index contributed by atoms with van der Waals surface area (Å²) in [6, 6.07) is 7.43. The molecular formula is C18H27ClN2O2. The second-order valence-electron chi connectivity index (χ2n) is 6.10. The number of ether oxygens (including phenoxy) is 1. The van der Waals surface area contributed by atoms with Gasteiger partial charge in [0.15, 0.2) is 6.10 Å². The number of halogens is 1. The van der Waals surface area contributed by atoms with Gasteiger partial charge in [0, 0.05) is 24.2 Å². The van der Waals surface area contributed by atoms with E-state index in [0.29, 0.717) is 17.2 Å². The Labute approximate surface area is 144 Å². The normalized spacial score (nSPS) is 17.7. The fourth-order valence-corrected chi connectivity index (χ4v) is 3.12. The van der Waals surface area contributed by atoms with Crippen LogP contribution in [0.2, 0.25) is 5.02 Å². The lowest BCUT2D eigenvalue weighted by atomic mass is 10.0. The first-order chi connectivity index (χ1) is 11.1. The van der Waals surface area contributed by atoms with Crippen LogP contribution in [0, 0.1) is 0 Å². The molecule has 1 atom stereocenters. The Bertz CT molecular complexity index is 502. The molecule has 1 fully saturated rings. The first-order valence-electron chi connectivity index (χ1n) is 8.57. The summed E-state index contributed by atoms with van der Waals surface area (Å²) in [5, 5.41) is 3.76. The first kappa shape index (κ1) is 18.1. The molecule has 0 bridgehead atoms. The molecule has 1 saturated heterocycles. The fraction of sp³-hybridized carbons (Fsp3) is 0.611. The van der Waals surface area contributed by atoms with Crippen LogP contribution in [0.5, 0.6) is 5.75 Å². The average Bonchev–Trinajstić information content (AvgIpc) is 2.54. The van der Waals surface area contributed by atoms with Crippen LogP contribution in [0.3, 0.4) is 0 Å². The van der Waals surface area contributed by atoms with Gasteiger partial charge in [0.2, 0.25) is 0 Å². The third kappa shape index (κ3) is 5.70. The summed E-state index contributed by atoms with van der Waals surface area (Å²) in [6.45, 7) is 7.43. The monoisotopic (exact) mass is 338 g/mol. The minimum absolute atomic E-state index is 0.0265. The van der Waals surface area contributed by atoms with Crippen molar-refractivity contribution in [2.24, 2.45) is 0 Å². The predicted molar refractivity (Wildman–Crippen MR) is 94.1 cm³/mol. The van der Waals surface area contributed by atoms with Crippen LogP contribution in [-0.4, -0.2) is 42.6 Å². The highest BCUT2D eigenvalue weighted by Gasteiger charge is 2.24. The second-order valence-corrected chi connectivity index (χ2v) is 6.53. The molecule has 1 aromatic rings. The smallest absolute Gasteiger partial charge is 0.261 e. The highest BCUT2D eigenvalue weighted by Crippen LogP contribution is 2.19. The fourth-order valence-electron chi connectivity index (χ4n) is 2.94. The van der Waals surface area contributed by atoms with Gasteiger partial charge < -0.3 is 15.0 Å². The van der Waals surface area contributed by atoms with Crippen LogP contribution in [0.4, 0.5) is 0 Å². The van der Waals surface area contributed by atoms with E-state index in [1.165, 1.54) is 6.42 Å². The van der Waals surface area contributed by atoms with Crippen LogP contribution >= 0.6 is 11.6 Å². The molecule has 23 heavy (non-hydrogen) atoms. The van der Waals surface area contributed by atoms with E-state index in [0.717, 1.165) is 32.5 Å². The van der Waals surface area contributed by atoms with Gasteiger partial charge in [-0.1, -0.05) is 31.5 Å². The van der Waals surface area contributed by atoms with Gasteiger partial charge in [-0.15, -0.1) is 0 Å². The number of hydrogen-bond acceptors (Lipinski definition) is 3. The summed E-state index contributed by atoms with van der Waals surface area (Å²) < 4.78 is 5.80. The van der Waals surface area contributed by atoms with Gasteiger partial charge in [0.1, 0.15) is 5.75 Å². The minimum Gasteiger partial charge on any atom is -0.481 e. The van der Waals surface area contributed by atoms with Gasteiger partial charge >= 0.3 is 0 Å². The molecule has 2 rings (SSSR count). The molecular weight excluding hydrogens is 312 g/mol. The molecule has 1 aliphatic heterocycles. The zero-order valence-corrected chi connectivity index (χ0v) is 14.8. The van der Waals surface area contributed by atoms with Crippen LogP contribution in [0.25, 0.3) is 0 Å². The predicted octanol–water partition coefficient (Wildman–Crippen LogP) is 3.49. The van der Waals surface area contributed by atoms with Gasteiger partial charge in [0.25, 0.3) is 5.91 Å². The molecule has 1 N–H and O–H groups in total. The summed E-state index contributed by atoms with van der Waals surface area (Å²) in [5.41, 5.74) is 0. The van der Waals surface area contributed by atoms with E-state index >= 15 is 0 Å². The van der Waals surface area contributed by atoms with Crippen LogP contribution in [0.1, 0.15) is 39.5 Å². The lowest BCUT2D eigenvalue weighted by Crippen LogP contribution is -2.48. The molecule has 0 aromatic heterocycles. The maximum atomic E-state index is 12.5. The number of amides is 1. The van der Waals surface area contributed by atoms with E-state index in [4.69, 9.17) is 16.3 Å². The molecule has 0 aliphatic carbocycles. The third-order valence-corrected chi connectivity index (χ3v) is 4.45. The third-order valence-electron chi connectivity index (χ3n) is 4.21. The molecule has 5 heteroatoms. The van der Waals surface area contributed by atoms with E-state index in [9.17, 15) is 4.79 Å². The number of benzene rings is 1. The van der Waals surface area contributed by atoms with Crippen molar-refractivity contribution in [3.05, 3.63) is 29.3 Å². The van der Waals surface area contributed by atoms with Crippen LogP contribution < -0.4 is 10.1 Å². The molecule has 0 unspecified atom stereocenters. The summed E-state index contributed by atoms with van der Waals surface area (Å²) in [7, 11) is 0. The Morgan fingerprint density at radius 1 is 1.39 bits per heavy atom. The number of carbonyl (C=O) groups excluding carboxylic acids is 1. The summed E-state index contributed by atoms with van der Waals surface area (Å²) in [6.07, 6.45) is 3.37. The number of carbonyl (C=O) groups is 1. The van der Waals surface area contributed by atoms with Crippen molar-refractivity contribution in [2.75, 3.05) is 19.6 Å². The number of nitrogens with one attached hydrogen (secondary N) is 1. The van der Waals surface area contributed by atoms with E-state index in [1.54, 1.807) is 12.1 Å². The van der Waals surface area contributed by atoms with Crippen molar-refractivity contribution in [3.8, 4) is 5.75 Å². The number of nitrogens with zero attached hydrogens (tertiary/aromatic N) is 1. The van der Waals surface area contributed by atoms with E-state index in [2.05, 4.69) is 17.1 Å². The zero-order valence-electron chi connectivity index (χ0n) is 14.1. The maximum Gasteiger partial charge on any atom is 0.261 e. The highest BCUT2D eigenvalue weighted by atomic mass is 35.5. The van der Waals surface area contributed by atoms with Crippen molar-refractivity contribution in [2.45, 2.75) is 51.7 Å². The lowest BCUT2D eigenvalue weighted by Gasteiger charge is -2.32. The Hall–Kier alpha value is -1.26. The summed E-state index contributed by atoms with van der Waals surface area (Å²) >= 11 is 5.96. The molecule has 0 spiro atoms. The Kier molecular flexibility index (Phi) is 7.18. The van der Waals surface area contributed by atoms with E-state index < -0.39 is 6.10 Å². The first-order valence-corrected chi connectivity index (χ1v) is 8.95. The quantitative estimate of drug-likeness (QED) is 0.827. The van der Waals surface area contributed by atoms with Crippen molar-refractivity contribution >= 4 is 17.5 Å². The van der Waals surface area contributed by atoms with E-state index in [1.807, 2.05) is 19.1 Å². The van der Waals surface area contributed by atoms with Crippen molar-refractivity contribution in [1.82, 2.24) is 10.2 Å². The highest BCUT2D eigenvalue weighted by molar-refractivity contribution is 6.30. The number of likely N-dealkylation sites (tertiary alicyclic amines) is 1. The summed E-state index contributed by atoms with van der Waals surface area (Å²) in [5.74, 6) is 0.610. The molecule has 1 heterocycles. The topological polar surface area (TPSA) is 41.6 Å². The van der Waals surface area contributed by atoms with Gasteiger partial charge in [0.05, 0.1) is 0 Å². The zero-order chi connectivity index (χ0) is 16.7. The van der Waals surface area contributed by atoms with Gasteiger partial charge in [-0.05, 0) is 50.4 Å². The number of hydrogen-bond donors (Lipinski definition) is 1. The largest absolute Gasteiger partial charge is 0.481 e. The molecule has 4 nitrogen and oxygen atoms in total. The molecule has 1 aromatic carbocycles. The van der Waals surface area contributed by atoms with Gasteiger partial charge in [-0.2, -0.15) is 0 Å². The standard InChI is InChI=1S/C18H27ClN2O2/c1-3-10-21-11-8-15(9-12-21)20-18(22)17(4-2)23-16-7-5-6-14(19)13-16/h5-7,13,15,17H,3-4,8-12H2,1-2H3,(H,20,22)/t17-/m0/s1. The maximum absolute atomic E-state index is 12.5. The average molecular weight is 339 g/mol. The van der Waals surface area contributed by atoms with E-state index in [-0.39, 0.29) is 11.9 Å². The van der Waals surface area contributed by atoms with Crippen molar-refractivity contribution in [1.29, 1.82) is 0 Å². The second kappa shape index (κ2) is 9.14. The van der Waals surface area contributed by atoms with Gasteiger partial charge in [-0.25, -0.2) is 0 Å². The molecule has 0 radical (unpaired) electrons. The SMILES string of the molecule is CCCN1CCC(NC(=O)[C@H](CC)Oc2cccc(Cl)c2)CC1. The Balaban J connectivity index is 1.83. The van der Waals surface area contributed by atoms with Crippen molar-refractivity contribution < 1.29 is 9.53 Å². The van der Waals surface area contributed by atoms with Crippen LogP contribution in [-0.2, 0) is 4.79 Å². The number of piperidine rings is 1.